The monoisotopic (exact) mass is 408 g/mol. The Morgan fingerprint density at radius 1 is 1.39 bits per heavy atom. The number of benzene rings is 1. The summed E-state index contributed by atoms with van der Waals surface area (Å²) in [6.07, 6.45) is 4.50. The van der Waals surface area contributed by atoms with Gasteiger partial charge in [-0.3, -0.25) is 0 Å². The summed E-state index contributed by atoms with van der Waals surface area (Å²) in [5, 5.41) is 18.7. The zero-order valence-corrected chi connectivity index (χ0v) is 17.0. The highest BCUT2D eigenvalue weighted by Gasteiger charge is 2.47. The van der Waals surface area contributed by atoms with Crippen LogP contribution in [0.4, 0.5) is 4.39 Å². The number of hydrogen-bond donors (Lipinski definition) is 2. The SMILES string of the molecule is CCC/C(=C\c1ccc(O)c(F)c1)CC[C@H]1OB(O)C[C@H]2C1=C(C)CS2(=O)=O. The quantitative estimate of drug-likeness (QED) is 0.556. The molecule has 8 heteroatoms. The molecule has 3 rings (SSSR count). The molecule has 0 aliphatic carbocycles. The Labute approximate surface area is 166 Å². The van der Waals surface area contributed by atoms with Crippen molar-refractivity contribution in [1.29, 1.82) is 0 Å². The molecule has 1 aromatic carbocycles. The molecule has 1 saturated heterocycles. The minimum Gasteiger partial charge on any atom is -0.505 e. The van der Waals surface area contributed by atoms with Crippen LogP contribution in [0.2, 0.25) is 6.32 Å². The van der Waals surface area contributed by atoms with Gasteiger partial charge in [0.1, 0.15) is 0 Å². The van der Waals surface area contributed by atoms with Crippen LogP contribution in [0.25, 0.3) is 6.08 Å². The second kappa shape index (κ2) is 8.39. The number of phenolic OH excluding ortho intramolecular Hbond substituents is 1. The summed E-state index contributed by atoms with van der Waals surface area (Å²) in [7, 11) is -4.34. The highest BCUT2D eigenvalue weighted by atomic mass is 32.2. The predicted octanol–water partition coefficient (Wildman–Crippen LogP) is 3.49. The summed E-state index contributed by atoms with van der Waals surface area (Å²) in [5.41, 5.74) is 3.38. The van der Waals surface area contributed by atoms with Crippen LogP contribution in [0.3, 0.4) is 0 Å². The number of allylic oxidation sites excluding steroid dienone is 1. The molecule has 1 aromatic rings. The van der Waals surface area contributed by atoms with E-state index in [9.17, 15) is 22.9 Å². The maximum atomic E-state index is 13.6. The first-order chi connectivity index (χ1) is 13.2. The van der Waals surface area contributed by atoms with Crippen LogP contribution in [0, 0.1) is 5.82 Å². The zero-order chi connectivity index (χ0) is 20.5. The molecule has 0 unspecified atom stereocenters. The molecular weight excluding hydrogens is 382 g/mol. The van der Waals surface area contributed by atoms with Gasteiger partial charge in [-0.2, -0.15) is 0 Å². The topological polar surface area (TPSA) is 83.8 Å². The summed E-state index contributed by atoms with van der Waals surface area (Å²) < 4.78 is 44.0. The Hall–Kier alpha value is -1.64. The lowest BCUT2D eigenvalue weighted by Gasteiger charge is -2.32. The molecule has 2 aliphatic rings. The molecule has 1 fully saturated rings. The van der Waals surface area contributed by atoms with Gasteiger partial charge >= 0.3 is 7.12 Å². The Morgan fingerprint density at radius 2 is 2.14 bits per heavy atom. The van der Waals surface area contributed by atoms with Gasteiger partial charge in [0.2, 0.25) is 0 Å². The third kappa shape index (κ3) is 4.50. The van der Waals surface area contributed by atoms with Gasteiger partial charge in [0, 0.05) is 6.32 Å². The van der Waals surface area contributed by atoms with Crippen LogP contribution in [0.5, 0.6) is 5.75 Å². The van der Waals surface area contributed by atoms with Crippen molar-refractivity contribution in [2.24, 2.45) is 0 Å². The Balaban J connectivity index is 1.78. The number of rotatable bonds is 6. The average molecular weight is 408 g/mol. The van der Waals surface area contributed by atoms with E-state index in [4.69, 9.17) is 4.65 Å². The molecule has 152 valence electrons. The first-order valence-electron chi connectivity index (χ1n) is 9.64. The fourth-order valence-electron chi connectivity index (χ4n) is 4.19. The highest BCUT2D eigenvalue weighted by molar-refractivity contribution is 7.92. The van der Waals surface area contributed by atoms with Gasteiger partial charge < -0.3 is 14.8 Å². The Morgan fingerprint density at radius 3 is 2.82 bits per heavy atom. The summed E-state index contributed by atoms with van der Waals surface area (Å²) >= 11 is 0. The van der Waals surface area contributed by atoms with Crippen molar-refractivity contribution >= 4 is 23.0 Å². The number of halogens is 1. The standard InChI is InChI=1S/C20H26BFO5S/c1-3-4-14(9-15-5-7-17(23)16(22)10-15)6-8-18-20-13(2)12-28(25,26)19(20)11-21(24)27-18/h5,7,9-10,18-19,23-24H,3-4,6,8,11-12H2,1-2H3/b14-9+/t18-,19+/m1/s1. The van der Waals surface area contributed by atoms with E-state index in [1.807, 2.05) is 13.0 Å². The second-order valence-electron chi connectivity index (χ2n) is 7.65. The molecule has 0 aromatic heterocycles. The van der Waals surface area contributed by atoms with E-state index in [1.54, 1.807) is 6.07 Å². The van der Waals surface area contributed by atoms with Crippen LogP contribution in [0.15, 0.2) is 34.9 Å². The average Bonchev–Trinajstić information content (AvgIpc) is 2.84. The lowest BCUT2D eigenvalue weighted by Crippen LogP contribution is -2.41. The van der Waals surface area contributed by atoms with Gasteiger partial charge in [0.15, 0.2) is 21.4 Å². The molecule has 0 bridgehead atoms. The summed E-state index contributed by atoms with van der Waals surface area (Å²) in [5.74, 6) is -1.01. The first kappa shape index (κ1) is 21.1. The number of phenols is 1. The van der Waals surface area contributed by atoms with Crippen LogP contribution >= 0.6 is 0 Å². The molecule has 0 amide bonds. The number of fused-ring (bicyclic) bond motifs is 1. The minimum atomic E-state index is -3.26. The molecule has 5 nitrogen and oxygen atoms in total. The number of hydrogen-bond acceptors (Lipinski definition) is 5. The molecule has 0 spiro atoms. The highest BCUT2D eigenvalue weighted by Crippen LogP contribution is 2.39. The lowest BCUT2D eigenvalue weighted by atomic mass is 9.74. The van der Waals surface area contributed by atoms with E-state index in [1.165, 1.54) is 12.1 Å². The molecule has 2 atom stereocenters. The first-order valence-corrected chi connectivity index (χ1v) is 11.4. The van der Waals surface area contributed by atoms with Crippen LogP contribution in [-0.4, -0.2) is 42.8 Å². The maximum Gasteiger partial charge on any atom is 0.456 e. The molecule has 2 aliphatic heterocycles. The van der Waals surface area contributed by atoms with E-state index >= 15 is 0 Å². The number of sulfone groups is 1. The molecule has 2 N–H and O–H groups in total. The smallest absolute Gasteiger partial charge is 0.456 e. The van der Waals surface area contributed by atoms with Crippen molar-refractivity contribution in [3.05, 3.63) is 46.3 Å². The van der Waals surface area contributed by atoms with Crippen molar-refractivity contribution in [1.82, 2.24) is 0 Å². The molecule has 0 saturated carbocycles. The van der Waals surface area contributed by atoms with Crippen molar-refractivity contribution in [3.63, 3.8) is 0 Å². The normalized spacial score (nSPS) is 24.6. The van der Waals surface area contributed by atoms with E-state index < -0.39 is 34.1 Å². The summed E-state index contributed by atoms with van der Waals surface area (Å²) in [6, 6.07) is 4.27. The molecule has 0 radical (unpaired) electrons. The fraction of sp³-hybridized carbons (Fsp3) is 0.500. The molecular formula is C20H26BFO5S. The van der Waals surface area contributed by atoms with Gasteiger partial charge in [0.05, 0.1) is 17.1 Å². The summed E-state index contributed by atoms with van der Waals surface area (Å²) in [4.78, 5) is 0. The second-order valence-corrected chi connectivity index (χ2v) is 9.83. The zero-order valence-electron chi connectivity index (χ0n) is 16.2. The van der Waals surface area contributed by atoms with Gasteiger partial charge in [-0.25, -0.2) is 12.8 Å². The van der Waals surface area contributed by atoms with E-state index in [0.29, 0.717) is 18.4 Å². The Kier molecular flexibility index (Phi) is 6.32. The van der Waals surface area contributed by atoms with Crippen molar-refractivity contribution in [2.75, 3.05) is 5.75 Å². The van der Waals surface area contributed by atoms with Crippen molar-refractivity contribution in [3.8, 4) is 5.75 Å². The fourth-order valence-corrected chi connectivity index (χ4v) is 6.36. The molecule has 28 heavy (non-hydrogen) atoms. The van der Waals surface area contributed by atoms with Gasteiger partial charge in [-0.1, -0.05) is 36.6 Å². The van der Waals surface area contributed by atoms with Gasteiger partial charge in [-0.15, -0.1) is 0 Å². The lowest BCUT2D eigenvalue weighted by molar-refractivity contribution is 0.169. The third-order valence-electron chi connectivity index (χ3n) is 5.42. The van der Waals surface area contributed by atoms with E-state index in [2.05, 4.69) is 6.92 Å². The van der Waals surface area contributed by atoms with Gasteiger partial charge in [0.25, 0.3) is 0 Å². The van der Waals surface area contributed by atoms with Crippen LogP contribution < -0.4 is 0 Å². The number of aromatic hydroxyl groups is 1. The maximum absolute atomic E-state index is 13.6. The van der Waals surface area contributed by atoms with Crippen molar-refractivity contribution in [2.45, 2.75) is 57.2 Å². The van der Waals surface area contributed by atoms with E-state index in [-0.39, 0.29) is 17.8 Å². The van der Waals surface area contributed by atoms with Crippen LogP contribution in [-0.2, 0) is 14.5 Å². The molecule has 2 heterocycles. The van der Waals surface area contributed by atoms with E-state index in [0.717, 1.165) is 29.6 Å². The minimum absolute atomic E-state index is 0.0318. The van der Waals surface area contributed by atoms with Crippen LogP contribution in [0.1, 0.15) is 45.1 Å². The largest absolute Gasteiger partial charge is 0.505 e. The third-order valence-corrected chi connectivity index (χ3v) is 7.56. The predicted molar refractivity (Wildman–Crippen MR) is 108 cm³/mol. The van der Waals surface area contributed by atoms with Gasteiger partial charge in [-0.05, 0) is 49.5 Å². The van der Waals surface area contributed by atoms with Crippen molar-refractivity contribution < 1.29 is 27.6 Å². The Bertz CT molecular complexity index is 909. The summed E-state index contributed by atoms with van der Waals surface area (Å²) in [6.45, 7) is 3.88.